The second-order valence-corrected chi connectivity index (χ2v) is 35.6. The Morgan fingerprint density at radius 2 is 0.636 bits per heavy atom. The van der Waals surface area contributed by atoms with Crippen molar-refractivity contribution in [3.05, 3.63) is 71.8 Å². The van der Waals surface area contributed by atoms with Crippen LogP contribution in [0.3, 0.4) is 0 Å². The van der Waals surface area contributed by atoms with Gasteiger partial charge in [0.25, 0.3) is 0 Å². The molecule has 5 unspecified atom stereocenters. The fourth-order valence-electron chi connectivity index (χ4n) is 10.4. The molecular weight excluding hydrogens is 1400 g/mol. The maximum Gasteiger partial charge on any atom is 0.311 e. The Labute approximate surface area is 667 Å². The van der Waals surface area contributed by atoms with Gasteiger partial charge < -0.3 is 48.5 Å². The van der Waals surface area contributed by atoms with Crippen molar-refractivity contribution in [3.8, 4) is 0 Å². The average molecular weight is 1560 g/mol. The summed E-state index contributed by atoms with van der Waals surface area (Å²) >= 11 is 0. The molecule has 0 spiro atoms. The van der Waals surface area contributed by atoms with E-state index in [9.17, 15) is 43.2 Å². The Bertz CT molecular complexity index is 2750. The molecule has 7 rings (SSSR count). The van der Waals surface area contributed by atoms with Crippen LogP contribution in [0, 0.1) is 72.4 Å². The van der Waals surface area contributed by atoms with Crippen LogP contribution < -0.4 is 0 Å². The van der Waals surface area contributed by atoms with E-state index in [1.54, 1.807) is 80.1 Å². The molecule has 2 aromatic rings. The van der Waals surface area contributed by atoms with Gasteiger partial charge in [-0.3, -0.25) is 43.2 Å². The molecule has 0 aromatic heterocycles. The van der Waals surface area contributed by atoms with Crippen molar-refractivity contribution >= 4 is 53.7 Å². The summed E-state index contributed by atoms with van der Waals surface area (Å²) in [6, 6.07) is 19.4. The highest BCUT2D eigenvalue weighted by atomic mass is 16.6. The van der Waals surface area contributed by atoms with Crippen molar-refractivity contribution in [3.63, 3.8) is 0 Å². The van der Waals surface area contributed by atoms with Crippen molar-refractivity contribution in [2.24, 2.45) is 72.4 Å². The first kappa shape index (κ1) is 108. The second kappa shape index (κ2) is 52.8. The first-order valence-electron chi connectivity index (χ1n) is 41.1. The van der Waals surface area contributed by atoms with Crippen LogP contribution in [0.4, 0.5) is 0 Å². The van der Waals surface area contributed by atoms with Crippen LogP contribution in [0.2, 0.25) is 0 Å². The Hall–Kier alpha value is -6.37. The lowest BCUT2D eigenvalue weighted by molar-refractivity contribution is -0.161. The highest BCUT2D eigenvalue weighted by Gasteiger charge is 2.49. The van der Waals surface area contributed by atoms with Crippen molar-refractivity contribution in [2.75, 3.05) is 27.4 Å². The molecule has 4 saturated carbocycles. The maximum atomic E-state index is 11.7. The second-order valence-electron chi connectivity index (χ2n) is 35.6. The number of carboxylic acid groups (broad SMARTS) is 3. The van der Waals surface area contributed by atoms with Gasteiger partial charge in [0.1, 0.15) is 25.9 Å². The fourth-order valence-corrected chi connectivity index (χ4v) is 10.4. The third-order valence-corrected chi connectivity index (χ3v) is 23.4. The zero-order valence-electron chi connectivity index (χ0n) is 74.5. The topological polar surface area (TPSA) is 279 Å². The summed E-state index contributed by atoms with van der Waals surface area (Å²) in [5.74, 6) is 1.97. The number of ether oxygens (including phenoxy) is 7. The van der Waals surface area contributed by atoms with Crippen LogP contribution in [0.5, 0.6) is 0 Å². The lowest BCUT2D eigenvalue weighted by Gasteiger charge is -2.27. The number of methoxy groups -OCH3 is 2. The molecule has 2 aromatic carbocycles. The molecular formula is C91H158O19. The van der Waals surface area contributed by atoms with Crippen molar-refractivity contribution in [2.45, 2.75) is 354 Å². The summed E-state index contributed by atoms with van der Waals surface area (Å²) in [6.07, 6.45) is 24.7. The largest absolute Gasteiger partial charge is 0.481 e. The van der Waals surface area contributed by atoms with Crippen molar-refractivity contribution < 1.29 is 91.6 Å². The lowest BCUT2D eigenvalue weighted by atomic mass is 9.82. The lowest BCUT2D eigenvalue weighted by Crippen LogP contribution is -2.31. The zero-order chi connectivity index (χ0) is 85.7. The standard InChI is InChI=1S/2C13H18O2.C12H22O2.C11H20O3.C10H16.2C7H14O2.3C6H12O2/c2*1-4-13(2,3)12(14)15-10-11-8-6-5-7-9-11;1-4-12(2,3)11(13)14-10-8-6-5-7-9-10;1-4-11(2,3)10(12)14-8-9-6-5-7-13-9;1-2-9-7-4-5-8(6-7)10(9)3-1;2*1-5-7(2,3)6(8)9-4;3*1-4-6(2,3)5(7)8/h2*5-9H,4,10H2,1-3H3;10H,4-9H2,1-3H3;9H,4-8H2,1-3H3;7-10H,1-6H2;2*5H2,1-4H3;3*4H2,1-3H3,(H,7,8). The van der Waals surface area contributed by atoms with Gasteiger partial charge in [-0.25, -0.2) is 0 Å². The van der Waals surface area contributed by atoms with Gasteiger partial charge in [0, 0.05) is 6.61 Å². The Kier molecular flexibility index (Phi) is 51.8. The number of hydrogen-bond donors (Lipinski definition) is 3. The van der Waals surface area contributed by atoms with Crippen LogP contribution in [0.15, 0.2) is 60.7 Å². The van der Waals surface area contributed by atoms with Crippen LogP contribution in [-0.4, -0.2) is 109 Å². The molecule has 5 atom stereocenters. The zero-order valence-corrected chi connectivity index (χ0v) is 74.5. The molecule has 5 aliphatic rings. The monoisotopic (exact) mass is 1560 g/mol. The summed E-state index contributed by atoms with van der Waals surface area (Å²) in [4.78, 5) is 99.1. The molecule has 19 heteroatoms. The summed E-state index contributed by atoms with van der Waals surface area (Å²) < 4.78 is 35.7. The molecule has 3 N–H and O–H groups in total. The quantitative estimate of drug-likeness (QED) is 0.0615. The summed E-state index contributed by atoms with van der Waals surface area (Å²) in [5, 5.41) is 25.3. The molecule has 2 bridgehead atoms. The first-order valence-corrected chi connectivity index (χ1v) is 41.1. The van der Waals surface area contributed by atoms with Gasteiger partial charge in [-0.05, 0) is 288 Å². The summed E-state index contributed by atoms with van der Waals surface area (Å²) in [6.45, 7) is 52.6. The minimum Gasteiger partial charge on any atom is -0.481 e. The number of benzene rings is 2. The summed E-state index contributed by atoms with van der Waals surface area (Å²) in [7, 11) is 2.83. The van der Waals surface area contributed by atoms with Gasteiger partial charge in [-0.15, -0.1) is 0 Å². The van der Waals surface area contributed by atoms with E-state index in [2.05, 4.69) is 9.47 Å². The van der Waals surface area contributed by atoms with Gasteiger partial charge in [0.2, 0.25) is 0 Å². The minimum absolute atomic E-state index is 0.0214. The molecule has 0 amide bonds. The Morgan fingerprint density at radius 3 is 0.891 bits per heavy atom. The van der Waals surface area contributed by atoms with E-state index in [-0.39, 0.29) is 80.5 Å². The molecule has 5 fully saturated rings. The van der Waals surface area contributed by atoms with Crippen molar-refractivity contribution in [1.29, 1.82) is 0 Å². The number of carbonyl (C=O) groups is 9. The van der Waals surface area contributed by atoms with E-state index in [0.29, 0.717) is 39.1 Å². The molecule has 1 saturated heterocycles. The molecule has 1 heterocycles. The van der Waals surface area contributed by atoms with Gasteiger partial charge in [0.05, 0.1) is 69.1 Å². The smallest absolute Gasteiger partial charge is 0.311 e. The number of carboxylic acids is 3. The van der Waals surface area contributed by atoms with E-state index in [1.165, 1.54) is 57.2 Å². The highest BCUT2D eigenvalue weighted by Crippen LogP contribution is 2.58. The van der Waals surface area contributed by atoms with Crippen molar-refractivity contribution in [1.82, 2.24) is 0 Å². The third kappa shape index (κ3) is 42.5. The van der Waals surface area contributed by atoms with Gasteiger partial charge in [-0.2, -0.15) is 0 Å². The van der Waals surface area contributed by atoms with E-state index < -0.39 is 34.2 Å². The Balaban J connectivity index is -0.00000117. The number of aliphatic carboxylic acids is 3. The molecule has 110 heavy (non-hydrogen) atoms. The average Bonchev–Trinajstić information content (AvgIpc) is 1.62. The SMILES string of the molecule is C1CC2C3CCC(C3)C2C1.CCC(C)(C)C(=O)O.CCC(C)(C)C(=O)O.CCC(C)(C)C(=O)O.CCC(C)(C)C(=O)OC.CCC(C)(C)C(=O)OC.CCC(C)(C)C(=O)OC1CCCCC1.CCC(C)(C)C(=O)OCC1CCCO1.CCC(C)(C)C(=O)OCc1ccccc1.CCC(C)(C)C(=O)OCc1ccccc1. The molecule has 636 valence electrons. The fraction of sp³-hybridized carbons (Fsp3) is 0.769. The number of rotatable bonds is 25. The maximum absolute atomic E-state index is 11.7. The molecule has 19 nitrogen and oxygen atoms in total. The summed E-state index contributed by atoms with van der Waals surface area (Å²) in [5.41, 5.74) is -1.63. The third-order valence-electron chi connectivity index (χ3n) is 23.4. The molecule has 1 aliphatic heterocycles. The Morgan fingerprint density at radius 1 is 0.345 bits per heavy atom. The van der Waals surface area contributed by atoms with Gasteiger partial charge in [0.15, 0.2) is 0 Å². The number of carbonyl (C=O) groups excluding carboxylic acids is 6. The van der Waals surface area contributed by atoms with Crippen LogP contribution >= 0.6 is 0 Å². The van der Waals surface area contributed by atoms with Gasteiger partial charge in [-0.1, -0.05) is 136 Å². The normalized spacial score (nSPS) is 17.9. The highest BCUT2D eigenvalue weighted by molar-refractivity contribution is 5.78. The minimum atomic E-state index is -0.722. The number of fused-ring (bicyclic) bond motifs is 5. The van der Waals surface area contributed by atoms with Crippen LogP contribution in [-0.2, 0) is 89.5 Å². The van der Waals surface area contributed by atoms with Crippen LogP contribution in [0.25, 0.3) is 0 Å². The molecule has 4 aliphatic carbocycles. The van der Waals surface area contributed by atoms with E-state index in [4.69, 9.17) is 39.0 Å². The van der Waals surface area contributed by atoms with E-state index in [0.717, 1.165) is 81.9 Å². The van der Waals surface area contributed by atoms with Crippen LogP contribution in [0.1, 0.15) is 339 Å². The van der Waals surface area contributed by atoms with E-state index in [1.807, 2.05) is 206 Å². The molecule has 0 radical (unpaired) electrons. The van der Waals surface area contributed by atoms with Gasteiger partial charge >= 0.3 is 53.7 Å². The number of hydrogen-bond acceptors (Lipinski definition) is 16. The number of esters is 6. The van der Waals surface area contributed by atoms with E-state index >= 15 is 0 Å². The predicted octanol–water partition coefficient (Wildman–Crippen LogP) is 22.3. The first-order chi connectivity index (χ1) is 50.8. The predicted molar refractivity (Wildman–Crippen MR) is 441 cm³/mol.